The van der Waals surface area contributed by atoms with Crippen LogP contribution in [-0.4, -0.2) is 34.2 Å². The zero-order chi connectivity index (χ0) is 21.3. The van der Waals surface area contributed by atoms with Crippen LogP contribution in [0.15, 0.2) is 59.4 Å². The molecule has 3 aromatic rings. The number of fused-ring (bicyclic) bond motifs is 1. The van der Waals surface area contributed by atoms with E-state index < -0.39 is 6.04 Å². The number of amides is 1. The maximum atomic E-state index is 13.2. The van der Waals surface area contributed by atoms with Crippen LogP contribution in [0.25, 0.3) is 11.3 Å². The average Bonchev–Trinajstić information content (AvgIpc) is 2.78. The summed E-state index contributed by atoms with van der Waals surface area (Å²) in [6, 6.07) is 16.4. The first-order chi connectivity index (χ1) is 14.5. The lowest BCUT2D eigenvalue weighted by Crippen LogP contribution is -2.42. The lowest BCUT2D eigenvalue weighted by molar-refractivity contribution is -0.135. The number of hydrogen-bond acceptors (Lipinski definition) is 4. The molecule has 1 unspecified atom stereocenters. The van der Waals surface area contributed by atoms with E-state index in [2.05, 4.69) is 5.10 Å². The molecule has 4 rings (SSSR count). The number of nitrogens with zero attached hydrogens (tertiary/aromatic N) is 3. The number of aryl methyl sites for hydroxylation is 1. The molecule has 1 aliphatic rings. The van der Waals surface area contributed by atoms with Crippen LogP contribution in [0.5, 0.6) is 5.75 Å². The van der Waals surface area contributed by atoms with Gasteiger partial charge in [-0.15, -0.1) is 0 Å². The highest BCUT2D eigenvalue weighted by Gasteiger charge is 2.27. The van der Waals surface area contributed by atoms with Gasteiger partial charge in [0.25, 0.3) is 5.56 Å². The summed E-state index contributed by atoms with van der Waals surface area (Å²) >= 11 is 0. The van der Waals surface area contributed by atoms with Crippen LogP contribution < -0.4 is 10.3 Å². The summed E-state index contributed by atoms with van der Waals surface area (Å²) < 4.78 is 6.58. The molecule has 154 valence electrons. The van der Waals surface area contributed by atoms with Crippen LogP contribution >= 0.6 is 0 Å². The van der Waals surface area contributed by atoms with Crippen molar-refractivity contribution in [1.29, 1.82) is 0 Å². The molecule has 30 heavy (non-hydrogen) atoms. The minimum absolute atomic E-state index is 0.105. The van der Waals surface area contributed by atoms with E-state index in [9.17, 15) is 9.59 Å². The molecule has 6 nitrogen and oxygen atoms in total. The third-order valence-corrected chi connectivity index (χ3v) is 5.63. The Morgan fingerprint density at radius 3 is 2.57 bits per heavy atom. The largest absolute Gasteiger partial charge is 0.497 e. The molecule has 0 N–H and O–H groups in total. The molecular weight excluding hydrogens is 378 g/mol. The molecule has 1 atom stereocenters. The Morgan fingerprint density at radius 1 is 1.07 bits per heavy atom. The van der Waals surface area contributed by atoms with Gasteiger partial charge in [0.2, 0.25) is 5.91 Å². The number of carbonyl (C=O) groups is 1. The molecule has 6 heteroatoms. The highest BCUT2D eigenvalue weighted by molar-refractivity contribution is 5.80. The molecule has 1 aliphatic heterocycles. The van der Waals surface area contributed by atoms with Crippen molar-refractivity contribution in [2.24, 2.45) is 0 Å². The Hall–Kier alpha value is -3.41. The summed E-state index contributed by atoms with van der Waals surface area (Å²) in [6.45, 7) is 4.88. The molecule has 0 fully saturated rings. The van der Waals surface area contributed by atoms with E-state index in [1.54, 1.807) is 25.0 Å². The fourth-order valence-electron chi connectivity index (χ4n) is 3.79. The first-order valence-electron chi connectivity index (χ1n) is 10.1. The fourth-order valence-corrected chi connectivity index (χ4v) is 3.79. The van der Waals surface area contributed by atoms with Gasteiger partial charge in [-0.05, 0) is 49.6 Å². The van der Waals surface area contributed by atoms with E-state index in [0.717, 1.165) is 28.9 Å². The summed E-state index contributed by atoms with van der Waals surface area (Å²) in [7, 11) is 1.65. The van der Waals surface area contributed by atoms with Crippen molar-refractivity contribution in [2.45, 2.75) is 32.9 Å². The lowest BCUT2D eigenvalue weighted by atomic mass is 9.99. The molecule has 2 aromatic carbocycles. The number of ether oxygens (including phenoxy) is 1. The molecule has 2 heterocycles. The second kappa shape index (κ2) is 8.14. The van der Waals surface area contributed by atoms with E-state index in [0.29, 0.717) is 18.8 Å². The molecule has 1 aromatic heterocycles. The Balaban J connectivity index is 1.57. The topological polar surface area (TPSA) is 64.4 Å². The molecule has 0 bridgehead atoms. The number of hydrogen-bond donors (Lipinski definition) is 0. The van der Waals surface area contributed by atoms with E-state index in [1.165, 1.54) is 16.3 Å². The minimum atomic E-state index is -0.678. The van der Waals surface area contributed by atoms with Gasteiger partial charge in [0.05, 0.1) is 12.8 Å². The first-order valence-corrected chi connectivity index (χ1v) is 10.1. The van der Waals surface area contributed by atoms with Gasteiger partial charge in [0.1, 0.15) is 11.8 Å². The summed E-state index contributed by atoms with van der Waals surface area (Å²) in [4.78, 5) is 27.4. The van der Waals surface area contributed by atoms with Crippen molar-refractivity contribution in [3.8, 4) is 17.0 Å². The van der Waals surface area contributed by atoms with E-state index in [1.807, 2.05) is 49.4 Å². The summed E-state index contributed by atoms with van der Waals surface area (Å²) in [6.07, 6.45) is 0.761. The predicted molar refractivity (Wildman–Crippen MR) is 115 cm³/mol. The van der Waals surface area contributed by atoms with Crippen molar-refractivity contribution < 1.29 is 9.53 Å². The predicted octanol–water partition coefficient (Wildman–Crippen LogP) is 3.37. The lowest BCUT2D eigenvalue weighted by Gasteiger charge is -2.31. The third kappa shape index (κ3) is 3.85. The van der Waals surface area contributed by atoms with Crippen molar-refractivity contribution >= 4 is 5.91 Å². The van der Waals surface area contributed by atoms with Crippen LogP contribution in [0.2, 0.25) is 0 Å². The Labute approximate surface area is 175 Å². The Bertz CT molecular complexity index is 1140. The molecule has 0 radical (unpaired) electrons. The molecule has 1 amide bonds. The van der Waals surface area contributed by atoms with Crippen molar-refractivity contribution in [2.75, 3.05) is 13.7 Å². The first kappa shape index (κ1) is 19.9. The van der Waals surface area contributed by atoms with E-state index in [-0.39, 0.29) is 11.5 Å². The molecule has 0 spiro atoms. The van der Waals surface area contributed by atoms with Gasteiger partial charge in [-0.3, -0.25) is 9.59 Å². The summed E-state index contributed by atoms with van der Waals surface area (Å²) in [5.74, 6) is 0.720. The van der Waals surface area contributed by atoms with Crippen molar-refractivity contribution in [3.05, 3.63) is 81.6 Å². The van der Waals surface area contributed by atoms with Gasteiger partial charge in [0.15, 0.2) is 0 Å². The van der Waals surface area contributed by atoms with E-state index in [4.69, 9.17) is 4.74 Å². The number of carbonyl (C=O) groups excluding carboxylic acids is 1. The monoisotopic (exact) mass is 403 g/mol. The van der Waals surface area contributed by atoms with Crippen LogP contribution in [0.4, 0.5) is 0 Å². The number of methoxy groups -OCH3 is 1. The van der Waals surface area contributed by atoms with Crippen LogP contribution in [0.1, 0.15) is 29.7 Å². The minimum Gasteiger partial charge on any atom is -0.497 e. The highest BCUT2D eigenvalue weighted by atomic mass is 16.5. The van der Waals surface area contributed by atoms with Crippen molar-refractivity contribution in [3.63, 3.8) is 0 Å². The maximum Gasteiger partial charge on any atom is 0.267 e. The fraction of sp³-hybridized carbons (Fsp3) is 0.292. The van der Waals surface area contributed by atoms with Crippen LogP contribution in [0, 0.1) is 6.92 Å². The quantitative estimate of drug-likeness (QED) is 0.670. The van der Waals surface area contributed by atoms with Crippen molar-refractivity contribution in [1.82, 2.24) is 14.7 Å². The zero-order valence-electron chi connectivity index (χ0n) is 17.5. The highest BCUT2D eigenvalue weighted by Crippen LogP contribution is 2.25. The van der Waals surface area contributed by atoms with Crippen LogP contribution in [0.3, 0.4) is 0 Å². The van der Waals surface area contributed by atoms with Gasteiger partial charge in [0, 0.05) is 24.7 Å². The third-order valence-electron chi connectivity index (χ3n) is 5.63. The second-order valence-corrected chi connectivity index (χ2v) is 7.69. The van der Waals surface area contributed by atoms with Gasteiger partial charge in [-0.2, -0.15) is 5.10 Å². The normalized spacial score (nSPS) is 14.2. The summed E-state index contributed by atoms with van der Waals surface area (Å²) in [5.41, 5.74) is 4.76. The van der Waals surface area contributed by atoms with Gasteiger partial charge < -0.3 is 9.64 Å². The molecule has 0 saturated carbocycles. The Kier molecular flexibility index (Phi) is 5.40. The van der Waals surface area contributed by atoms with Gasteiger partial charge in [-0.25, -0.2) is 4.68 Å². The number of rotatable bonds is 4. The number of aromatic nitrogens is 2. The number of benzene rings is 2. The van der Waals surface area contributed by atoms with Gasteiger partial charge >= 0.3 is 0 Å². The maximum absolute atomic E-state index is 13.2. The average molecular weight is 403 g/mol. The Morgan fingerprint density at radius 2 is 1.83 bits per heavy atom. The standard InChI is InChI=1S/C24H25N3O3/c1-16-4-6-18(7-5-16)22-10-11-23(28)27(25-22)17(2)24(29)26-13-12-19-14-21(30-3)9-8-20(19)15-26/h4-11,14,17H,12-13,15H2,1-3H3. The second-order valence-electron chi connectivity index (χ2n) is 7.69. The van der Waals surface area contributed by atoms with Gasteiger partial charge in [-0.1, -0.05) is 35.9 Å². The van der Waals surface area contributed by atoms with E-state index >= 15 is 0 Å². The van der Waals surface area contributed by atoms with Crippen LogP contribution in [-0.2, 0) is 17.8 Å². The SMILES string of the molecule is COc1ccc2c(c1)CCN(C(=O)C(C)n1nc(-c3ccc(C)cc3)ccc1=O)C2. The summed E-state index contributed by atoms with van der Waals surface area (Å²) in [5, 5.41) is 4.50. The zero-order valence-corrected chi connectivity index (χ0v) is 17.5. The molecule has 0 saturated heterocycles. The molecule has 0 aliphatic carbocycles. The smallest absolute Gasteiger partial charge is 0.267 e. The molecular formula is C24H25N3O3.